The van der Waals surface area contributed by atoms with Crippen molar-refractivity contribution in [2.45, 2.75) is 12.8 Å². The molecule has 0 heterocycles. The normalized spacial score (nSPS) is 10.1. The van der Waals surface area contributed by atoms with Crippen molar-refractivity contribution in [2.24, 2.45) is 0 Å². The zero-order valence-electron chi connectivity index (χ0n) is 15.0. The highest BCUT2D eigenvalue weighted by Gasteiger charge is 2.13. The van der Waals surface area contributed by atoms with E-state index in [4.69, 9.17) is 44.9 Å². The number of esters is 1. The van der Waals surface area contributed by atoms with Crippen LogP contribution in [-0.2, 0) is 9.53 Å². The molecule has 0 saturated heterocycles. The van der Waals surface area contributed by atoms with Crippen molar-refractivity contribution < 1.29 is 19.1 Å². The molecule has 0 aromatic heterocycles. The molecule has 2 rings (SSSR count). The van der Waals surface area contributed by atoms with E-state index in [1.807, 2.05) is 0 Å². The van der Waals surface area contributed by atoms with Gasteiger partial charge in [0.15, 0.2) is 5.11 Å². The Morgan fingerprint density at radius 2 is 1.89 bits per heavy atom. The highest BCUT2D eigenvalue weighted by atomic mass is 35.5. The van der Waals surface area contributed by atoms with Crippen molar-refractivity contribution in [3.8, 4) is 5.75 Å². The van der Waals surface area contributed by atoms with Crippen LogP contribution in [0.15, 0.2) is 42.5 Å². The predicted octanol–water partition coefficient (Wildman–Crippen LogP) is 4.45. The van der Waals surface area contributed by atoms with Crippen molar-refractivity contribution in [1.29, 1.82) is 0 Å². The molecule has 28 heavy (non-hydrogen) atoms. The Hall–Kier alpha value is -2.35. The van der Waals surface area contributed by atoms with Crippen molar-refractivity contribution >= 4 is 58.1 Å². The molecule has 0 aliphatic rings. The molecular formula is C19H18Cl2N2O4S. The van der Waals surface area contributed by atoms with Gasteiger partial charge in [-0.3, -0.25) is 4.79 Å². The van der Waals surface area contributed by atoms with Crippen LogP contribution in [0.25, 0.3) is 0 Å². The van der Waals surface area contributed by atoms with Gasteiger partial charge < -0.3 is 20.1 Å². The molecule has 0 atom stereocenters. The number of halogens is 2. The third-order valence-corrected chi connectivity index (χ3v) is 4.27. The summed E-state index contributed by atoms with van der Waals surface area (Å²) in [6.45, 7) is 0.306. The van der Waals surface area contributed by atoms with E-state index in [9.17, 15) is 9.59 Å². The minimum atomic E-state index is -0.504. The molecule has 0 bridgehead atoms. The fraction of sp³-hybridized carbons (Fsp3) is 0.211. The third-order valence-electron chi connectivity index (χ3n) is 3.53. The van der Waals surface area contributed by atoms with E-state index in [2.05, 4.69) is 10.6 Å². The third kappa shape index (κ3) is 6.67. The summed E-state index contributed by atoms with van der Waals surface area (Å²) in [6, 6.07) is 11.6. The molecule has 0 saturated carbocycles. The Morgan fingerprint density at radius 1 is 1.14 bits per heavy atom. The van der Waals surface area contributed by atoms with Crippen LogP contribution in [0.3, 0.4) is 0 Å². The number of para-hydroxylation sites is 1. The summed E-state index contributed by atoms with van der Waals surface area (Å²) >= 11 is 17.0. The van der Waals surface area contributed by atoms with Gasteiger partial charge in [0, 0.05) is 11.4 Å². The Labute approximate surface area is 178 Å². The van der Waals surface area contributed by atoms with Crippen LogP contribution in [0, 0.1) is 0 Å². The Morgan fingerprint density at radius 3 is 2.61 bits per heavy atom. The first-order valence-corrected chi connectivity index (χ1v) is 9.43. The van der Waals surface area contributed by atoms with Crippen LogP contribution < -0.4 is 15.4 Å². The molecule has 9 heteroatoms. The van der Waals surface area contributed by atoms with Gasteiger partial charge in [0.25, 0.3) is 0 Å². The monoisotopic (exact) mass is 440 g/mol. The van der Waals surface area contributed by atoms with Crippen LogP contribution in [0.4, 0.5) is 5.69 Å². The molecule has 2 aromatic rings. The number of methoxy groups -OCH3 is 1. The highest BCUT2D eigenvalue weighted by molar-refractivity contribution is 7.80. The number of ether oxygens (including phenoxy) is 2. The number of anilines is 1. The minimum absolute atomic E-state index is 0.0861. The molecule has 0 aliphatic heterocycles. The molecule has 1 amide bonds. The summed E-state index contributed by atoms with van der Waals surface area (Å²) in [5, 5.41) is 6.40. The smallest absolute Gasteiger partial charge is 0.339 e. The van der Waals surface area contributed by atoms with Gasteiger partial charge in [-0.05, 0) is 49.0 Å². The van der Waals surface area contributed by atoms with Crippen LogP contribution in [0.2, 0.25) is 10.0 Å². The maximum absolute atomic E-state index is 12.0. The summed E-state index contributed by atoms with van der Waals surface area (Å²) < 4.78 is 10.2. The van der Waals surface area contributed by atoms with Gasteiger partial charge in [-0.1, -0.05) is 35.3 Å². The fourth-order valence-corrected chi connectivity index (χ4v) is 2.92. The quantitative estimate of drug-likeness (QED) is 0.376. The first kappa shape index (κ1) is 21.9. The summed E-state index contributed by atoms with van der Waals surface area (Å²) in [5.41, 5.74) is 0.759. The largest absolute Gasteiger partial charge is 0.492 e. The number of carbonyl (C=O) groups excluding carboxylic acids is 2. The Kier molecular flexibility index (Phi) is 8.50. The number of carbonyl (C=O) groups is 2. The van der Waals surface area contributed by atoms with E-state index in [1.165, 1.54) is 7.11 Å². The minimum Gasteiger partial charge on any atom is -0.492 e. The molecule has 6 nitrogen and oxygen atoms in total. The van der Waals surface area contributed by atoms with E-state index in [-0.39, 0.29) is 17.4 Å². The van der Waals surface area contributed by atoms with E-state index < -0.39 is 5.97 Å². The van der Waals surface area contributed by atoms with Crippen molar-refractivity contribution in [1.82, 2.24) is 5.32 Å². The zero-order valence-corrected chi connectivity index (χ0v) is 17.3. The lowest BCUT2D eigenvalue weighted by Gasteiger charge is -2.12. The van der Waals surface area contributed by atoms with Crippen molar-refractivity contribution in [2.75, 3.05) is 19.0 Å². The van der Waals surface area contributed by atoms with Crippen molar-refractivity contribution in [3.63, 3.8) is 0 Å². The molecule has 2 aromatic carbocycles. The highest BCUT2D eigenvalue weighted by Crippen LogP contribution is 2.27. The summed E-state index contributed by atoms with van der Waals surface area (Å²) in [4.78, 5) is 23.8. The van der Waals surface area contributed by atoms with Crippen LogP contribution in [0.1, 0.15) is 23.2 Å². The number of amides is 1. The SMILES string of the molecule is COC(=O)c1ccccc1NC(=S)NC(=O)CCCOc1ccc(Cl)cc1Cl. The lowest BCUT2D eigenvalue weighted by atomic mass is 10.2. The van der Waals surface area contributed by atoms with E-state index >= 15 is 0 Å². The average molecular weight is 441 g/mol. The maximum Gasteiger partial charge on any atom is 0.339 e. The van der Waals surface area contributed by atoms with Crippen LogP contribution in [-0.4, -0.2) is 30.7 Å². The standard InChI is InChI=1S/C19H18Cl2N2O4S/c1-26-18(25)13-5-2-3-6-15(13)22-19(28)23-17(24)7-4-10-27-16-9-8-12(20)11-14(16)21/h2-3,5-6,8-9,11H,4,7,10H2,1H3,(H2,22,23,24,28). The van der Waals surface area contributed by atoms with E-state index in [1.54, 1.807) is 42.5 Å². The van der Waals surface area contributed by atoms with Gasteiger partial charge in [0.05, 0.1) is 30.0 Å². The number of rotatable bonds is 7. The Bertz CT molecular complexity index is 877. The lowest BCUT2D eigenvalue weighted by molar-refractivity contribution is -0.119. The summed E-state index contributed by atoms with van der Waals surface area (Å²) in [6.07, 6.45) is 0.665. The number of benzene rings is 2. The van der Waals surface area contributed by atoms with Gasteiger partial charge in [-0.15, -0.1) is 0 Å². The van der Waals surface area contributed by atoms with E-state index in [0.717, 1.165) is 0 Å². The number of hydrogen-bond acceptors (Lipinski definition) is 5. The Balaban J connectivity index is 1.77. The molecule has 0 radical (unpaired) electrons. The first-order chi connectivity index (χ1) is 13.4. The number of nitrogens with one attached hydrogen (secondary N) is 2. The summed E-state index contributed by atoms with van der Waals surface area (Å²) in [7, 11) is 1.29. The first-order valence-electron chi connectivity index (χ1n) is 8.26. The van der Waals surface area contributed by atoms with Gasteiger partial charge in [-0.2, -0.15) is 0 Å². The molecular weight excluding hydrogens is 423 g/mol. The van der Waals surface area contributed by atoms with Crippen LogP contribution >= 0.6 is 35.4 Å². The van der Waals surface area contributed by atoms with Gasteiger partial charge in [-0.25, -0.2) is 4.79 Å². The second kappa shape index (κ2) is 10.8. The molecule has 0 spiro atoms. The predicted molar refractivity (Wildman–Crippen MR) is 113 cm³/mol. The molecule has 0 fully saturated rings. The topological polar surface area (TPSA) is 76.7 Å². The molecule has 0 aliphatic carbocycles. The van der Waals surface area contributed by atoms with E-state index in [0.29, 0.717) is 40.1 Å². The molecule has 148 valence electrons. The van der Waals surface area contributed by atoms with Crippen LogP contribution in [0.5, 0.6) is 5.75 Å². The maximum atomic E-state index is 12.0. The second-order valence-electron chi connectivity index (χ2n) is 5.57. The summed E-state index contributed by atoms with van der Waals surface area (Å²) in [5.74, 6) is -0.280. The fourth-order valence-electron chi connectivity index (χ4n) is 2.23. The lowest BCUT2D eigenvalue weighted by Crippen LogP contribution is -2.34. The van der Waals surface area contributed by atoms with Gasteiger partial charge >= 0.3 is 5.97 Å². The number of hydrogen-bond donors (Lipinski definition) is 2. The zero-order chi connectivity index (χ0) is 20.5. The molecule has 0 unspecified atom stereocenters. The average Bonchev–Trinajstić information content (AvgIpc) is 2.66. The van der Waals surface area contributed by atoms with Gasteiger partial charge in [0.2, 0.25) is 5.91 Å². The second-order valence-corrected chi connectivity index (χ2v) is 6.82. The van der Waals surface area contributed by atoms with Gasteiger partial charge in [0.1, 0.15) is 5.75 Å². The van der Waals surface area contributed by atoms with Crippen molar-refractivity contribution in [3.05, 3.63) is 58.1 Å². The molecule has 2 N–H and O–H groups in total. The number of thiocarbonyl (C=S) groups is 1.